The molecule has 0 spiro atoms. The SMILES string of the molecule is Cc1ccc(CN2CCCN(C(=O)c3sccc3-n3cccc3)CC2)cc1. The van der Waals surface area contributed by atoms with E-state index in [1.54, 1.807) is 0 Å². The van der Waals surface area contributed by atoms with Crippen LogP contribution in [0.5, 0.6) is 0 Å². The average Bonchev–Trinajstić information content (AvgIpc) is 3.32. The standard InChI is InChI=1S/C22H25N3OS/c1-18-5-7-19(8-6-18)17-23-10-4-13-25(15-14-23)22(26)21-20(9-16-27-21)24-11-2-3-12-24/h2-3,5-9,11-12,16H,4,10,13-15,17H2,1H3. The third-order valence-electron chi connectivity index (χ3n) is 5.12. The van der Waals surface area contributed by atoms with Gasteiger partial charge in [-0.1, -0.05) is 29.8 Å². The van der Waals surface area contributed by atoms with E-state index in [-0.39, 0.29) is 5.91 Å². The van der Waals surface area contributed by atoms with Gasteiger partial charge in [-0.15, -0.1) is 11.3 Å². The number of carbonyl (C=O) groups is 1. The van der Waals surface area contributed by atoms with Gasteiger partial charge >= 0.3 is 0 Å². The van der Waals surface area contributed by atoms with Crippen LogP contribution in [0.1, 0.15) is 27.2 Å². The first-order valence-corrected chi connectivity index (χ1v) is 10.4. The van der Waals surface area contributed by atoms with E-state index in [1.807, 2.05) is 45.4 Å². The molecule has 3 aromatic rings. The Morgan fingerprint density at radius 2 is 1.78 bits per heavy atom. The Kier molecular flexibility index (Phi) is 5.41. The normalized spacial score (nSPS) is 15.7. The molecule has 4 rings (SSSR count). The van der Waals surface area contributed by atoms with Gasteiger partial charge in [0.05, 0.1) is 5.69 Å². The van der Waals surface area contributed by atoms with E-state index in [4.69, 9.17) is 0 Å². The summed E-state index contributed by atoms with van der Waals surface area (Å²) in [5, 5.41) is 2.00. The van der Waals surface area contributed by atoms with Crippen LogP contribution in [0.4, 0.5) is 0 Å². The Morgan fingerprint density at radius 1 is 1.00 bits per heavy atom. The van der Waals surface area contributed by atoms with Crippen LogP contribution in [0.3, 0.4) is 0 Å². The number of carbonyl (C=O) groups excluding carboxylic acids is 1. The van der Waals surface area contributed by atoms with Crippen LogP contribution in [-0.4, -0.2) is 46.5 Å². The molecular formula is C22H25N3OS. The predicted octanol–water partition coefficient (Wildman–Crippen LogP) is 4.20. The smallest absolute Gasteiger partial charge is 0.266 e. The molecule has 0 N–H and O–H groups in total. The summed E-state index contributed by atoms with van der Waals surface area (Å²) in [6, 6.07) is 14.8. The van der Waals surface area contributed by atoms with E-state index in [0.717, 1.165) is 49.7 Å². The number of hydrogen-bond donors (Lipinski definition) is 0. The molecule has 0 aliphatic carbocycles. The lowest BCUT2D eigenvalue weighted by molar-refractivity contribution is 0.0766. The van der Waals surface area contributed by atoms with Crippen molar-refractivity contribution in [3.8, 4) is 5.69 Å². The molecule has 1 aliphatic rings. The van der Waals surface area contributed by atoms with Crippen LogP contribution >= 0.6 is 11.3 Å². The minimum atomic E-state index is 0.158. The highest BCUT2D eigenvalue weighted by atomic mass is 32.1. The summed E-state index contributed by atoms with van der Waals surface area (Å²) in [4.78, 5) is 18.4. The zero-order chi connectivity index (χ0) is 18.6. The maximum atomic E-state index is 13.1. The van der Waals surface area contributed by atoms with Crippen molar-refractivity contribution in [1.29, 1.82) is 0 Å². The largest absolute Gasteiger partial charge is 0.337 e. The van der Waals surface area contributed by atoms with Crippen molar-refractivity contribution < 1.29 is 4.79 Å². The first kappa shape index (κ1) is 18.0. The van der Waals surface area contributed by atoms with E-state index in [9.17, 15) is 4.79 Å². The highest BCUT2D eigenvalue weighted by molar-refractivity contribution is 7.12. The van der Waals surface area contributed by atoms with Gasteiger partial charge in [0, 0.05) is 45.1 Å². The van der Waals surface area contributed by atoms with Crippen molar-refractivity contribution in [3.05, 3.63) is 76.2 Å². The first-order chi connectivity index (χ1) is 13.2. The molecule has 5 heteroatoms. The van der Waals surface area contributed by atoms with Crippen LogP contribution in [0.2, 0.25) is 0 Å². The second-order valence-electron chi connectivity index (χ2n) is 7.13. The average molecular weight is 380 g/mol. The monoisotopic (exact) mass is 379 g/mol. The predicted molar refractivity (Wildman–Crippen MR) is 111 cm³/mol. The fourth-order valence-corrected chi connectivity index (χ4v) is 4.45. The quantitative estimate of drug-likeness (QED) is 0.680. The Balaban J connectivity index is 1.42. The molecule has 1 saturated heterocycles. The molecule has 1 aliphatic heterocycles. The van der Waals surface area contributed by atoms with E-state index in [0.29, 0.717) is 0 Å². The second kappa shape index (κ2) is 8.11. The van der Waals surface area contributed by atoms with Gasteiger partial charge in [0.25, 0.3) is 5.91 Å². The topological polar surface area (TPSA) is 28.5 Å². The zero-order valence-corrected chi connectivity index (χ0v) is 16.5. The molecule has 0 radical (unpaired) electrons. The van der Waals surface area contributed by atoms with Gasteiger partial charge in [0.15, 0.2) is 0 Å². The number of benzene rings is 1. The Bertz CT molecular complexity index is 883. The molecular weight excluding hydrogens is 354 g/mol. The number of aryl methyl sites for hydroxylation is 1. The highest BCUT2D eigenvalue weighted by Crippen LogP contribution is 2.24. The fraction of sp³-hybridized carbons (Fsp3) is 0.318. The molecule has 1 aromatic carbocycles. The van der Waals surface area contributed by atoms with E-state index in [2.05, 4.69) is 36.1 Å². The molecule has 27 heavy (non-hydrogen) atoms. The molecule has 0 bridgehead atoms. The van der Waals surface area contributed by atoms with E-state index >= 15 is 0 Å². The molecule has 0 unspecified atom stereocenters. The Labute approximate surface area is 164 Å². The summed E-state index contributed by atoms with van der Waals surface area (Å²) in [6.45, 7) is 6.64. The minimum Gasteiger partial charge on any atom is -0.337 e. The molecule has 3 heterocycles. The van der Waals surface area contributed by atoms with E-state index < -0.39 is 0 Å². The third kappa shape index (κ3) is 4.15. The van der Waals surface area contributed by atoms with Crippen molar-refractivity contribution in [3.63, 3.8) is 0 Å². The summed E-state index contributed by atoms with van der Waals surface area (Å²) < 4.78 is 2.02. The highest BCUT2D eigenvalue weighted by Gasteiger charge is 2.23. The maximum absolute atomic E-state index is 13.1. The second-order valence-corrected chi connectivity index (χ2v) is 8.05. The number of amides is 1. The summed E-state index contributed by atoms with van der Waals surface area (Å²) >= 11 is 1.54. The van der Waals surface area contributed by atoms with Crippen LogP contribution in [0.25, 0.3) is 5.69 Å². The van der Waals surface area contributed by atoms with E-state index in [1.165, 1.54) is 22.5 Å². The Hall–Kier alpha value is -2.37. The minimum absolute atomic E-state index is 0.158. The van der Waals surface area contributed by atoms with Gasteiger partial charge in [-0.2, -0.15) is 0 Å². The molecule has 1 fully saturated rings. The third-order valence-corrected chi connectivity index (χ3v) is 6.02. The number of rotatable bonds is 4. The number of hydrogen-bond acceptors (Lipinski definition) is 3. The van der Waals surface area contributed by atoms with Gasteiger partial charge in [-0.3, -0.25) is 9.69 Å². The van der Waals surface area contributed by atoms with Crippen molar-refractivity contribution in [2.24, 2.45) is 0 Å². The van der Waals surface area contributed by atoms with Crippen LogP contribution in [0.15, 0.2) is 60.2 Å². The first-order valence-electron chi connectivity index (χ1n) is 9.49. The van der Waals surface area contributed by atoms with Crippen molar-refractivity contribution in [1.82, 2.24) is 14.4 Å². The zero-order valence-electron chi connectivity index (χ0n) is 15.7. The van der Waals surface area contributed by atoms with Crippen LogP contribution in [-0.2, 0) is 6.54 Å². The lowest BCUT2D eigenvalue weighted by Gasteiger charge is -2.22. The molecule has 4 nitrogen and oxygen atoms in total. The number of aromatic nitrogens is 1. The van der Waals surface area contributed by atoms with Gasteiger partial charge in [0.1, 0.15) is 4.88 Å². The van der Waals surface area contributed by atoms with Gasteiger partial charge in [-0.05, 0) is 42.5 Å². The lowest BCUT2D eigenvalue weighted by Crippen LogP contribution is -2.35. The molecule has 0 saturated carbocycles. The summed E-state index contributed by atoms with van der Waals surface area (Å²) in [7, 11) is 0. The molecule has 0 atom stereocenters. The summed E-state index contributed by atoms with van der Waals surface area (Å²) in [5.74, 6) is 0.158. The van der Waals surface area contributed by atoms with Crippen LogP contribution in [0, 0.1) is 6.92 Å². The fourth-order valence-electron chi connectivity index (χ4n) is 3.59. The van der Waals surface area contributed by atoms with Gasteiger partial charge in [0.2, 0.25) is 0 Å². The summed E-state index contributed by atoms with van der Waals surface area (Å²) in [6.07, 6.45) is 5.00. The summed E-state index contributed by atoms with van der Waals surface area (Å²) in [5.41, 5.74) is 3.62. The molecule has 1 amide bonds. The van der Waals surface area contributed by atoms with Crippen molar-refractivity contribution >= 4 is 17.2 Å². The van der Waals surface area contributed by atoms with Crippen molar-refractivity contribution in [2.75, 3.05) is 26.2 Å². The molecule has 140 valence electrons. The maximum Gasteiger partial charge on any atom is 0.266 e. The van der Waals surface area contributed by atoms with Gasteiger partial charge < -0.3 is 9.47 Å². The lowest BCUT2D eigenvalue weighted by atomic mass is 10.1. The number of thiophene rings is 1. The van der Waals surface area contributed by atoms with Gasteiger partial charge in [-0.25, -0.2) is 0 Å². The Morgan fingerprint density at radius 3 is 2.56 bits per heavy atom. The van der Waals surface area contributed by atoms with Crippen molar-refractivity contribution in [2.45, 2.75) is 19.9 Å². The van der Waals surface area contributed by atoms with Crippen LogP contribution < -0.4 is 0 Å². The number of nitrogens with zero attached hydrogens (tertiary/aromatic N) is 3. The molecule has 2 aromatic heterocycles.